The molecule has 1 atom stereocenters. The number of aromatic nitrogens is 3. The van der Waals surface area contributed by atoms with Gasteiger partial charge in [0.1, 0.15) is 11.6 Å². The number of amides is 1. The van der Waals surface area contributed by atoms with Crippen molar-refractivity contribution in [3.05, 3.63) is 35.4 Å². The summed E-state index contributed by atoms with van der Waals surface area (Å²) in [5.41, 5.74) is 1.17. The molecule has 3 rings (SSSR count). The van der Waals surface area contributed by atoms with Crippen LogP contribution in [0.1, 0.15) is 30.7 Å². The fourth-order valence-electron chi connectivity index (χ4n) is 2.91. The molecule has 1 saturated carbocycles. The van der Waals surface area contributed by atoms with Crippen molar-refractivity contribution in [2.45, 2.75) is 39.0 Å². The first-order valence-electron chi connectivity index (χ1n) is 7.64. The highest BCUT2D eigenvalue weighted by Gasteiger charge is 2.42. The standard InChI is InChI=1S/C16H17F3N4O/c1-9-7-12(17)3-4-13(9)23-15(20-10(2)22-23)21-14(24)11-5-6-16(18,19)8-11/h3-4,7,11H,5-6,8H2,1-2H3,(H,20,21,22,24). The van der Waals surface area contributed by atoms with Crippen LogP contribution in [0.5, 0.6) is 0 Å². The van der Waals surface area contributed by atoms with E-state index in [2.05, 4.69) is 15.4 Å². The van der Waals surface area contributed by atoms with Gasteiger partial charge in [-0.05, 0) is 44.0 Å². The van der Waals surface area contributed by atoms with Gasteiger partial charge in [-0.1, -0.05) is 0 Å². The molecule has 1 fully saturated rings. The van der Waals surface area contributed by atoms with Gasteiger partial charge in [0.25, 0.3) is 0 Å². The van der Waals surface area contributed by atoms with Crippen LogP contribution in [-0.2, 0) is 4.79 Å². The van der Waals surface area contributed by atoms with Gasteiger partial charge >= 0.3 is 0 Å². The van der Waals surface area contributed by atoms with E-state index >= 15 is 0 Å². The predicted molar refractivity (Wildman–Crippen MR) is 81.7 cm³/mol. The van der Waals surface area contributed by atoms with Crippen molar-refractivity contribution in [2.24, 2.45) is 5.92 Å². The van der Waals surface area contributed by atoms with Gasteiger partial charge in [0, 0.05) is 18.8 Å². The largest absolute Gasteiger partial charge is 0.294 e. The average molecular weight is 338 g/mol. The number of aryl methyl sites for hydroxylation is 2. The summed E-state index contributed by atoms with van der Waals surface area (Å²) in [7, 11) is 0. The van der Waals surface area contributed by atoms with Gasteiger partial charge in [-0.3, -0.25) is 10.1 Å². The number of benzene rings is 1. The number of rotatable bonds is 3. The molecule has 1 unspecified atom stereocenters. The summed E-state index contributed by atoms with van der Waals surface area (Å²) in [6, 6.07) is 4.15. The van der Waals surface area contributed by atoms with Gasteiger partial charge in [-0.2, -0.15) is 9.67 Å². The maximum atomic E-state index is 13.3. The smallest absolute Gasteiger partial charge is 0.248 e. The lowest BCUT2D eigenvalue weighted by molar-refractivity contribution is -0.120. The summed E-state index contributed by atoms with van der Waals surface area (Å²) in [5, 5.41) is 6.77. The normalized spacial score (nSPS) is 19.5. The van der Waals surface area contributed by atoms with Gasteiger partial charge < -0.3 is 0 Å². The van der Waals surface area contributed by atoms with Crippen LogP contribution in [0.2, 0.25) is 0 Å². The summed E-state index contributed by atoms with van der Waals surface area (Å²) in [6.45, 7) is 3.35. The Bertz CT molecular complexity index is 788. The zero-order valence-corrected chi connectivity index (χ0v) is 13.3. The molecule has 1 amide bonds. The Labute approximate surface area is 136 Å². The van der Waals surface area contributed by atoms with Gasteiger partial charge in [0.2, 0.25) is 17.8 Å². The van der Waals surface area contributed by atoms with Crippen LogP contribution >= 0.6 is 0 Å². The number of alkyl halides is 2. The van der Waals surface area contributed by atoms with Crippen LogP contribution in [-0.4, -0.2) is 26.6 Å². The maximum Gasteiger partial charge on any atom is 0.248 e. The topological polar surface area (TPSA) is 59.8 Å². The molecule has 0 radical (unpaired) electrons. The lowest BCUT2D eigenvalue weighted by atomic mass is 10.1. The molecule has 8 heteroatoms. The second-order valence-electron chi connectivity index (χ2n) is 6.11. The molecule has 1 heterocycles. The van der Waals surface area contributed by atoms with Crippen molar-refractivity contribution in [2.75, 3.05) is 5.32 Å². The number of carbonyl (C=O) groups is 1. The fraction of sp³-hybridized carbons (Fsp3) is 0.438. The number of halogens is 3. The molecular formula is C16H17F3N4O. The Balaban J connectivity index is 1.86. The first-order chi connectivity index (χ1) is 11.2. The van der Waals surface area contributed by atoms with E-state index in [1.807, 2.05) is 0 Å². The molecule has 128 valence electrons. The molecule has 0 saturated heterocycles. The number of nitrogens with one attached hydrogen (secondary N) is 1. The Morgan fingerprint density at radius 3 is 2.75 bits per heavy atom. The SMILES string of the molecule is Cc1nc(NC(=O)C2CCC(F)(F)C2)n(-c2ccc(F)cc2C)n1. The van der Waals surface area contributed by atoms with E-state index in [-0.39, 0.29) is 24.6 Å². The molecular weight excluding hydrogens is 321 g/mol. The van der Waals surface area contributed by atoms with Gasteiger partial charge in [-0.15, -0.1) is 5.10 Å². The summed E-state index contributed by atoms with van der Waals surface area (Å²) in [4.78, 5) is 16.4. The third-order valence-electron chi connectivity index (χ3n) is 4.11. The Hall–Kier alpha value is -2.38. The zero-order chi connectivity index (χ0) is 17.5. The van der Waals surface area contributed by atoms with E-state index < -0.39 is 24.2 Å². The molecule has 1 aromatic carbocycles. The van der Waals surface area contributed by atoms with Crippen LogP contribution < -0.4 is 5.32 Å². The zero-order valence-electron chi connectivity index (χ0n) is 13.3. The molecule has 5 nitrogen and oxygen atoms in total. The van der Waals surface area contributed by atoms with Crippen molar-refractivity contribution in [3.63, 3.8) is 0 Å². The molecule has 1 aromatic heterocycles. The third kappa shape index (κ3) is 3.27. The van der Waals surface area contributed by atoms with Gasteiger partial charge in [0.15, 0.2) is 0 Å². The minimum absolute atomic E-state index is 0.140. The van der Waals surface area contributed by atoms with Crippen LogP contribution in [0.3, 0.4) is 0 Å². The Kier molecular flexibility index (Phi) is 4.06. The van der Waals surface area contributed by atoms with Crippen LogP contribution in [0.15, 0.2) is 18.2 Å². The molecule has 2 aromatic rings. The summed E-state index contributed by atoms with van der Waals surface area (Å²) in [5.74, 6) is -3.88. The number of nitrogens with zero attached hydrogens (tertiary/aromatic N) is 3. The van der Waals surface area contributed by atoms with Crippen molar-refractivity contribution in [1.29, 1.82) is 0 Å². The van der Waals surface area contributed by atoms with Crippen molar-refractivity contribution < 1.29 is 18.0 Å². The first-order valence-corrected chi connectivity index (χ1v) is 7.64. The number of hydrogen-bond donors (Lipinski definition) is 1. The lowest BCUT2D eigenvalue weighted by Crippen LogP contribution is -2.24. The van der Waals surface area contributed by atoms with E-state index in [0.29, 0.717) is 17.1 Å². The minimum Gasteiger partial charge on any atom is -0.294 e. The van der Waals surface area contributed by atoms with Gasteiger partial charge in [-0.25, -0.2) is 13.2 Å². The highest BCUT2D eigenvalue weighted by Crippen LogP contribution is 2.39. The van der Waals surface area contributed by atoms with Crippen molar-refractivity contribution in [1.82, 2.24) is 14.8 Å². The second kappa shape index (κ2) is 5.92. The quantitative estimate of drug-likeness (QED) is 0.933. The van der Waals surface area contributed by atoms with Crippen LogP contribution in [0.25, 0.3) is 5.69 Å². The van der Waals surface area contributed by atoms with E-state index in [9.17, 15) is 18.0 Å². The van der Waals surface area contributed by atoms with E-state index in [4.69, 9.17) is 0 Å². The summed E-state index contributed by atoms with van der Waals surface area (Å²) < 4.78 is 41.2. The molecule has 1 N–H and O–H groups in total. The van der Waals surface area contributed by atoms with Gasteiger partial charge in [0.05, 0.1) is 5.69 Å². The van der Waals surface area contributed by atoms with Crippen LogP contribution in [0, 0.1) is 25.6 Å². The summed E-state index contributed by atoms with van der Waals surface area (Å²) >= 11 is 0. The number of carbonyl (C=O) groups excluding carboxylic acids is 1. The molecule has 24 heavy (non-hydrogen) atoms. The maximum absolute atomic E-state index is 13.3. The molecule has 1 aliphatic carbocycles. The van der Waals surface area contributed by atoms with E-state index in [1.54, 1.807) is 13.8 Å². The molecule has 0 bridgehead atoms. The summed E-state index contributed by atoms with van der Waals surface area (Å²) in [6.07, 6.45) is -0.600. The molecule has 1 aliphatic rings. The predicted octanol–water partition coefficient (Wildman–Crippen LogP) is 3.40. The minimum atomic E-state index is -2.79. The highest BCUT2D eigenvalue weighted by atomic mass is 19.3. The molecule has 0 spiro atoms. The monoisotopic (exact) mass is 338 g/mol. The average Bonchev–Trinajstić information content (AvgIpc) is 3.01. The second-order valence-corrected chi connectivity index (χ2v) is 6.11. The van der Waals surface area contributed by atoms with Crippen molar-refractivity contribution in [3.8, 4) is 5.69 Å². The lowest BCUT2D eigenvalue weighted by Gasteiger charge is -2.13. The molecule has 0 aliphatic heterocycles. The van der Waals surface area contributed by atoms with Crippen molar-refractivity contribution >= 4 is 11.9 Å². The van der Waals surface area contributed by atoms with E-state index in [0.717, 1.165) is 0 Å². The first kappa shape index (κ1) is 16.5. The van der Waals surface area contributed by atoms with Crippen LogP contribution in [0.4, 0.5) is 19.1 Å². The fourth-order valence-corrected chi connectivity index (χ4v) is 2.91. The number of hydrogen-bond acceptors (Lipinski definition) is 3. The highest BCUT2D eigenvalue weighted by molar-refractivity contribution is 5.91. The number of anilines is 1. The Morgan fingerprint density at radius 1 is 1.38 bits per heavy atom. The Morgan fingerprint density at radius 2 is 2.12 bits per heavy atom. The third-order valence-corrected chi connectivity index (χ3v) is 4.11. The van der Waals surface area contributed by atoms with E-state index in [1.165, 1.54) is 22.9 Å².